The van der Waals surface area contributed by atoms with Gasteiger partial charge in [0, 0.05) is 11.7 Å². The Morgan fingerprint density at radius 1 is 1.20 bits per heavy atom. The van der Waals surface area contributed by atoms with Crippen molar-refractivity contribution in [3.63, 3.8) is 0 Å². The van der Waals surface area contributed by atoms with Crippen LogP contribution in [0.3, 0.4) is 0 Å². The molecule has 0 atom stereocenters. The molecule has 20 heavy (non-hydrogen) atoms. The van der Waals surface area contributed by atoms with Crippen LogP contribution < -0.4 is 5.46 Å². The van der Waals surface area contributed by atoms with Crippen molar-refractivity contribution in [1.29, 1.82) is 0 Å². The Kier molecular flexibility index (Phi) is 3.01. The van der Waals surface area contributed by atoms with E-state index in [2.05, 4.69) is 4.98 Å². The zero-order valence-corrected chi connectivity index (χ0v) is 13.0. The number of hydrogen-bond donors (Lipinski definition) is 1. The molecule has 1 N–H and O–H groups in total. The van der Waals surface area contributed by atoms with Crippen LogP contribution in [0.25, 0.3) is 0 Å². The fourth-order valence-electron chi connectivity index (χ4n) is 2.43. The predicted molar refractivity (Wildman–Crippen MR) is 78.1 cm³/mol. The van der Waals surface area contributed by atoms with E-state index >= 15 is 0 Å². The third-order valence-corrected chi connectivity index (χ3v) is 4.96. The Morgan fingerprint density at radius 2 is 1.75 bits per heavy atom. The predicted octanol–water partition coefficient (Wildman–Crippen LogP) is 2.02. The van der Waals surface area contributed by atoms with E-state index in [4.69, 9.17) is 20.9 Å². The van der Waals surface area contributed by atoms with E-state index in [1.165, 1.54) is 0 Å². The van der Waals surface area contributed by atoms with Crippen molar-refractivity contribution in [3.05, 3.63) is 23.0 Å². The summed E-state index contributed by atoms with van der Waals surface area (Å²) in [7, 11) is -0.596. The first kappa shape index (κ1) is 14.3. The number of hydrogen-bond acceptors (Lipinski definition) is 4. The van der Waals surface area contributed by atoms with Crippen molar-refractivity contribution in [3.8, 4) is 0 Å². The van der Waals surface area contributed by atoms with Crippen LogP contribution in [0.4, 0.5) is 0 Å². The highest BCUT2D eigenvalue weighted by atomic mass is 35.5. The van der Waals surface area contributed by atoms with Crippen molar-refractivity contribution in [2.24, 2.45) is 0 Å². The van der Waals surface area contributed by atoms with Gasteiger partial charge in [-0.3, -0.25) is 0 Å². The molecule has 2 fully saturated rings. The summed E-state index contributed by atoms with van der Waals surface area (Å²) in [5.74, 6) is 0. The summed E-state index contributed by atoms with van der Waals surface area (Å²) in [6.07, 6.45) is 3.09. The van der Waals surface area contributed by atoms with Gasteiger partial charge in [-0.2, -0.15) is 0 Å². The summed E-state index contributed by atoms with van der Waals surface area (Å²) >= 11 is 6.25. The Labute approximate surface area is 124 Å². The van der Waals surface area contributed by atoms with Crippen LogP contribution >= 0.6 is 11.6 Å². The molecule has 6 heteroatoms. The van der Waals surface area contributed by atoms with E-state index in [0.717, 1.165) is 18.4 Å². The van der Waals surface area contributed by atoms with Gasteiger partial charge in [-0.1, -0.05) is 11.6 Å². The fraction of sp³-hybridized carbons (Fsp3) is 0.643. The zero-order valence-electron chi connectivity index (χ0n) is 12.2. The second-order valence-electron chi connectivity index (χ2n) is 6.68. The van der Waals surface area contributed by atoms with E-state index in [-0.39, 0.29) is 0 Å². The number of pyridine rings is 1. The Balaban J connectivity index is 2.04. The van der Waals surface area contributed by atoms with Gasteiger partial charge in [-0.25, -0.2) is 4.98 Å². The van der Waals surface area contributed by atoms with Crippen molar-refractivity contribution in [2.45, 2.75) is 57.3 Å². The number of aliphatic hydroxyl groups is 1. The molecule has 3 rings (SSSR count). The van der Waals surface area contributed by atoms with Crippen molar-refractivity contribution in [2.75, 3.05) is 0 Å². The molecular weight excluding hydrogens is 276 g/mol. The molecule has 1 saturated carbocycles. The maximum absolute atomic E-state index is 10.4. The lowest BCUT2D eigenvalue weighted by Crippen LogP contribution is -2.41. The van der Waals surface area contributed by atoms with Gasteiger partial charge in [0.25, 0.3) is 0 Å². The number of nitrogens with zero attached hydrogens (tertiary/aromatic N) is 1. The first-order chi connectivity index (χ1) is 9.16. The van der Waals surface area contributed by atoms with Gasteiger partial charge >= 0.3 is 7.12 Å². The van der Waals surface area contributed by atoms with Crippen LogP contribution in [0.5, 0.6) is 0 Å². The Hall–Kier alpha value is -0.615. The molecule has 1 saturated heterocycles. The maximum atomic E-state index is 10.4. The second kappa shape index (κ2) is 4.20. The highest BCUT2D eigenvalue weighted by Gasteiger charge is 2.55. The van der Waals surface area contributed by atoms with E-state index in [9.17, 15) is 5.11 Å². The summed E-state index contributed by atoms with van der Waals surface area (Å²) in [6.45, 7) is 7.96. The molecule has 108 valence electrons. The molecular formula is C14H19BClNO3. The summed E-state index contributed by atoms with van der Waals surface area (Å²) in [5, 5.41) is 10.8. The molecule has 1 aliphatic heterocycles. The minimum absolute atomic E-state index is 0.335. The monoisotopic (exact) mass is 295 g/mol. The van der Waals surface area contributed by atoms with Crippen LogP contribution in [0, 0.1) is 0 Å². The molecule has 0 aromatic carbocycles. The van der Waals surface area contributed by atoms with Gasteiger partial charge in [0.2, 0.25) is 0 Å². The van der Waals surface area contributed by atoms with Gasteiger partial charge in [0.15, 0.2) is 0 Å². The minimum Gasteiger partial charge on any atom is -0.399 e. The van der Waals surface area contributed by atoms with Crippen LogP contribution in [0.1, 0.15) is 46.1 Å². The van der Waals surface area contributed by atoms with Gasteiger partial charge in [0.05, 0.1) is 16.8 Å². The van der Waals surface area contributed by atoms with Crippen molar-refractivity contribution in [1.82, 2.24) is 4.98 Å². The zero-order chi connectivity index (χ0) is 14.8. The Bertz CT molecular complexity index is 541. The van der Waals surface area contributed by atoms with Gasteiger partial charge in [-0.05, 0) is 52.2 Å². The molecule has 4 nitrogen and oxygen atoms in total. The van der Waals surface area contributed by atoms with Crippen LogP contribution in [-0.4, -0.2) is 28.4 Å². The van der Waals surface area contributed by atoms with Gasteiger partial charge in [-0.15, -0.1) is 0 Å². The largest absolute Gasteiger partial charge is 0.498 e. The quantitative estimate of drug-likeness (QED) is 0.670. The van der Waals surface area contributed by atoms with E-state index in [1.807, 2.05) is 27.7 Å². The Morgan fingerprint density at radius 3 is 2.25 bits per heavy atom. The average molecular weight is 296 g/mol. The maximum Gasteiger partial charge on any atom is 0.498 e. The van der Waals surface area contributed by atoms with Crippen LogP contribution in [0.2, 0.25) is 5.15 Å². The standard InChI is InChI=1S/C14H19BClNO3/c1-12(2)13(3,4)20-15(19-12)10-9(14(18)6-7-14)5-8-17-11(10)16/h5,8,18H,6-7H2,1-4H3. The van der Waals surface area contributed by atoms with Crippen molar-refractivity contribution < 1.29 is 14.4 Å². The lowest BCUT2D eigenvalue weighted by Gasteiger charge is -2.32. The highest BCUT2D eigenvalue weighted by Crippen LogP contribution is 2.46. The SMILES string of the molecule is CC1(C)OB(c2c(C3(O)CC3)ccnc2Cl)OC1(C)C. The molecule has 1 aromatic heterocycles. The van der Waals surface area contributed by atoms with E-state index in [1.54, 1.807) is 12.3 Å². The highest BCUT2D eigenvalue weighted by molar-refractivity contribution is 6.66. The molecule has 0 amide bonds. The average Bonchev–Trinajstić information content (AvgIpc) is 3.01. The summed E-state index contributed by atoms with van der Waals surface area (Å²) < 4.78 is 12.1. The topological polar surface area (TPSA) is 51.6 Å². The molecule has 1 aromatic rings. The lowest BCUT2D eigenvalue weighted by molar-refractivity contribution is 0.00578. The molecule has 0 unspecified atom stereocenters. The first-order valence-corrected chi connectivity index (χ1v) is 7.27. The number of aromatic nitrogens is 1. The van der Waals surface area contributed by atoms with Crippen molar-refractivity contribution >= 4 is 24.2 Å². The number of halogens is 1. The second-order valence-corrected chi connectivity index (χ2v) is 7.04. The van der Waals surface area contributed by atoms with Crippen LogP contribution in [-0.2, 0) is 14.9 Å². The third kappa shape index (κ3) is 2.08. The molecule has 2 heterocycles. The molecule has 0 spiro atoms. The van der Waals surface area contributed by atoms with E-state index < -0.39 is 23.9 Å². The van der Waals surface area contributed by atoms with E-state index in [0.29, 0.717) is 10.6 Å². The lowest BCUT2D eigenvalue weighted by atomic mass is 9.75. The summed E-state index contributed by atoms with van der Waals surface area (Å²) in [4.78, 5) is 4.12. The first-order valence-electron chi connectivity index (χ1n) is 6.89. The summed E-state index contributed by atoms with van der Waals surface area (Å²) in [5.41, 5.74) is -0.254. The normalized spacial score (nSPS) is 25.8. The smallest absolute Gasteiger partial charge is 0.399 e. The molecule has 2 aliphatic rings. The molecule has 0 bridgehead atoms. The third-order valence-electron chi connectivity index (χ3n) is 4.66. The molecule has 1 aliphatic carbocycles. The molecule has 0 radical (unpaired) electrons. The van der Waals surface area contributed by atoms with Gasteiger partial charge < -0.3 is 14.4 Å². The summed E-state index contributed by atoms with van der Waals surface area (Å²) in [6, 6.07) is 1.80. The number of rotatable bonds is 2. The minimum atomic E-state index is -0.800. The van der Waals surface area contributed by atoms with Crippen LogP contribution in [0.15, 0.2) is 12.3 Å². The van der Waals surface area contributed by atoms with Gasteiger partial charge in [0.1, 0.15) is 5.15 Å². The fourth-order valence-corrected chi connectivity index (χ4v) is 2.67.